The molecule has 3 rings (SSSR count). The summed E-state index contributed by atoms with van der Waals surface area (Å²) < 4.78 is 15.8. The summed E-state index contributed by atoms with van der Waals surface area (Å²) >= 11 is 0. The number of allylic oxidation sites excluding steroid dienone is 1. The van der Waals surface area contributed by atoms with E-state index < -0.39 is 0 Å². The van der Waals surface area contributed by atoms with E-state index in [2.05, 4.69) is 20.8 Å². The van der Waals surface area contributed by atoms with E-state index in [1.807, 2.05) is 6.92 Å². The predicted molar refractivity (Wildman–Crippen MR) is 94.0 cm³/mol. The predicted octanol–water partition coefficient (Wildman–Crippen LogP) is 1.20. The number of nitrogens with zero attached hydrogens (tertiary/aromatic N) is 2. The molecule has 2 heterocycles. The monoisotopic (exact) mass is 378 g/mol. The van der Waals surface area contributed by atoms with Crippen molar-refractivity contribution in [3.63, 3.8) is 0 Å². The van der Waals surface area contributed by atoms with Gasteiger partial charge in [0.1, 0.15) is 19.0 Å². The number of hydrogen-bond acceptors (Lipinski definition) is 7. The van der Waals surface area contributed by atoms with E-state index in [4.69, 9.17) is 14.0 Å². The molecule has 0 aromatic carbocycles. The Bertz CT molecular complexity index is 706. The highest BCUT2D eigenvalue weighted by Gasteiger charge is 2.29. The molecule has 0 unspecified atom stereocenters. The zero-order valence-electron chi connectivity index (χ0n) is 15.7. The molecule has 9 nitrogen and oxygen atoms in total. The van der Waals surface area contributed by atoms with E-state index in [1.165, 1.54) is 0 Å². The molecule has 0 bridgehead atoms. The summed E-state index contributed by atoms with van der Waals surface area (Å²) in [5.41, 5.74) is 0. The third-order valence-corrected chi connectivity index (χ3v) is 4.85. The summed E-state index contributed by atoms with van der Waals surface area (Å²) in [5.74, 6) is 1.49. The minimum Gasteiger partial charge on any atom is -0.491 e. The van der Waals surface area contributed by atoms with Crippen molar-refractivity contribution in [2.75, 3.05) is 13.2 Å². The third-order valence-electron chi connectivity index (χ3n) is 4.85. The molecule has 0 radical (unpaired) electrons. The quantitative estimate of drug-likeness (QED) is 0.764. The molecule has 2 N–H and O–H groups in total. The van der Waals surface area contributed by atoms with E-state index in [-0.39, 0.29) is 36.1 Å². The average Bonchev–Trinajstić information content (AvgIpc) is 3.15. The number of hydrogen-bond donors (Lipinski definition) is 2. The number of ether oxygens (including phenoxy) is 2. The Morgan fingerprint density at radius 2 is 1.89 bits per heavy atom. The molecular formula is C18H26N4O5. The molecule has 0 spiro atoms. The lowest BCUT2D eigenvalue weighted by Crippen LogP contribution is -2.42. The van der Waals surface area contributed by atoms with Gasteiger partial charge in [0.25, 0.3) is 5.91 Å². The molecule has 0 saturated heterocycles. The van der Waals surface area contributed by atoms with Crippen molar-refractivity contribution in [3.05, 3.63) is 23.2 Å². The van der Waals surface area contributed by atoms with Crippen LogP contribution < -0.4 is 10.6 Å². The first-order chi connectivity index (χ1) is 13.1. The lowest BCUT2D eigenvalue weighted by atomic mass is 9.85. The normalized spacial score (nSPS) is 22.6. The smallest absolute Gasteiger partial charge is 0.290 e. The Morgan fingerprint density at radius 3 is 2.56 bits per heavy atom. The summed E-state index contributed by atoms with van der Waals surface area (Å²) in [7, 11) is 0. The lowest BCUT2D eigenvalue weighted by Gasteiger charge is -2.29. The molecule has 1 aliphatic carbocycles. The molecule has 0 atom stereocenters. The first kappa shape index (κ1) is 19.2. The van der Waals surface area contributed by atoms with Crippen LogP contribution in [0.25, 0.3) is 0 Å². The van der Waals surface area contributed by atoms with Gasteiger partial charge >= 0.3 is 0 Å². The first-order valence-electron chi connectivity index (χ1n) is 9.43. The summed E-state index contributed by atoms with van der Waals surface area (Å²) in [6, 6.07) is 0.0374. The Balaban J connectivity index is 1.41. The van der Waals surface area contributed by atoms with Gasteiger partial charge in [-0.25, -0.2) is 0 Å². The number of carbonyl (C=O) groups excluding carboxylic acids is 2. The average molecular weight is 378 g/mol. The van der Waals surface area contributed by atoms with Gasteiger partial charge in [-0.3, -0.25) is 9.59 Å². The number of nitrogens with one attached hydrogen (secondary N) is 2. The van der Waals surface area contributed by atoms with Gasteiger partial charge in [0, 0.05) is 18.4 Å². The molecule has 9 heteroatoms. The fraction of sp³-hybridized carbons (Fsp3) is 0.667. The lowest BCUT2D eigenvalue weighted by molar-refractivity contribution is -0.126. The SMILES string of the molecule is CCc1noc(CNC(=O)C2CCC(NC(=O)C3=C(C)OCCO3)CC2)n1. The minimum atomic E-state index is -0.247. The second-order valence-corrected chi connectivity index (χ2v) is 6.78. The first-order valence-corrected chi connectivity index (χ1v) is 9.43. The van der Waals surface area contributed by atoms with Gasteiger partial charge < -0.3 is 24.6 Å². The fourth-order valence-corrected chi connectivity index (χ4v) is 3.29. The van der Waals surface area contributed by atoms with Gasteiger partial charge in [-0.05, 0) is 32.6 Å². The van der Waals surface area contributed by atoms with Crippen LogP contribution >= 0.6 is 0 Å². The van der Waals surface area contributed by atoms with Crippen LogP contribution in [-0.4, -0.2) is 41.2 Å². The maximum Gasteiger partial charge on any atom is 0.290 e. The number of amides is 2. The highest BCUT2D eigenvalue weighted by atomic mass is 16.6. The van der Waals surface area contributed by atoms with Crippen LogP contribution in [0.2, 0.25) is 0 Å². The second-order valence-electron chi connectivity index (χ2n) is 6.78. The zero-order valence-corrected chi connectivity index (χ0v) is 15.7. The van der Waals surface area contributed by atoms with Gasteiger partial charge in [-0.2, -0.15) is 4.98 Å². The van der Waals surface area contributed by atoms with E-state index in [1.54, 1.807) is 6.92 Å². The number of aromatic nitrogens is 2. The van der Waals surface area contributed by atoms with E-state index in [0.29, 0.717) is 37.1 Å². The standard InChI is InChI=1S/C18H26N4O5/c1-3-14-21-15(27-22-14)10-19-17(23)12-4-6-13(7-5-12)20-18(24)16-11(2)25-8-9-26-16/h12-13H,3-10H2,1-2H3,(H,19,23)(H,20,24). The zero-order chi connectivity index (χ0) is 19.2. The molecule has 1 aromatic heterocycles. The largest absolute Gasteiger partial charge is 0.491 e. The van der Waals surface area contributed by atoms with Crippen LogP contribution in [0.4, 0.5) is 0 Å². The van der Waals surface area contributed by atoms with Crippen LogP contribution in [0, 0.1) is 5.92 Å². The van der Waals surface area contributed by atoms with E-state index >= 15 is 0 Å². The second kappa shape index (κ2) is 8.88. The van der Waals surface area contributed by atoms with Crippen molar-refractivity contribution < 1.29 is 23.6 Å². The van der Waals surface area contributed by atoms with Crippen molar-refractivity contribution in [3.8, 4) is 0 Å². The summed E-state index contributed by atoms with van der Waals surface area (Å²) in [6.45, 7) is 4.75. The Kier molecular flexibility index (Phi) is 6.31. The van der Waals surface area contributed by atoms with Crippen molar-refractivity contribution in [1.82, 2.24) is 20.8 Å². The van der Waals surface area contributed by atoms with Crippen LogP contribution in [0.15, 0.2) is 16.0 Å². The molecule has 1 fully saturated rings. The Morgan fingerprint density at radius 1 is 1.15 bits per heavy atom. The van der Waals surface area contributed by atoms with E-state index in [9.17, 15) is 9.59 Å². The van der Waals surface area contributed by atoms with Gasteiger partial charge in [0.2, 0.25) is 17.6 Å². The summed E-state index contributed by atoms with van der Waals surface area (Å²) in [6.07, 6.45) is 3.63. The number of carbonyl (C=O) groups is 2. The van der Waals surface area contributed by atoms with E-state index in [0.717, 1.165) is 25.7 Å². The molecule has 148 valence electrons. The molecule has 27 heavy (non-hydrogen) atoms. The maximum absolute atomic E-state index is 12.3. The number of rotatable bonds is 6. The molecule has 1 saturated carbocycles. The highest BCUT2D eigenvalue weighted by molar-refractivity contribution is 5.92. The van der Waals surface area contributed by atoms with Crippen molar-refractivity contribution in [1.29, 1.82) is 0 Å². The van der Waals surface area contributed by atoms with Crippen LogP contribution in [0.3, 0.4) is 0 Å². The van der Waals surface area contributed by atoms with Crippen molar-refractivity contribution >= 4 is 11.8 Å². The van der Waals surface area contributed by atoms with Gasteiger partial charge in [0.05, 0.1) is 6.54 Å². The maximum atomic E-state index is 12.3. The van der Waals surface area contributed by atoms with Gasteiger partial charge in [-0.1, -0.05) is 12.1 Å². The Hall–Kier alpha value is -2.58. The highest BCUT2D eigenvalue weighted by Crippen LogP contribution is 2.25. The minimum absolute atomic E-state index is 0.0152. The van der Waals surface area contributed by atoms with Crippen molar-refractivity contribution in [2.24, 2.45) is 5.92 Å². The van der Waals surface area contributed by atoms with Crippen LogP contribution in [0.5, 0.6) is 0 Å². The molecular weight excluding hydrogens is 352 g/mol. The van der Waals surface area contributed by atoms with Gasteiger partial charge in [0.15, 0.2) is 5.82 Å². The number of aryl methyl sites for hydroxylation is 1. The Labute approximate surface area is 157 Å². The summed E-state index contributed by atoms with van der Waals surface area (Å²) in [5, 5.41) is 9.64. The molecule has 1 aromatic rings. The fourth-order valence-electron chi connectivity index (χ4n) is 3.29. The van der Waals surface area contributed by atoms with Crippen molar-refractivity contribution in [2.45, 2.75) is 58.5 Å². The van der Waals surface area contributed by atoms with Crippen LogP contribution in [0.1, 0.15) is 51.2 Å². The molecule has 1 aliphatic heterocycles. The topological polar surface area (TPSA) is 116 Å². The molecule has 2 aliphatic rings. The third kappa shape index (κ3) is 4.99. The van der Waals surface area contributed by atoms with Crippen LogP contribution in [-0.2, 0) is 32.0 Å². The van der Waals surface area contributed by atoms with Gasteiger partial charge in [-0.15, -0.1) is 0 Å². The molecule has 2 amide bonds. The summed E-state index contributed by atoms with van der Waals surface area (Å²) in [4.78, 5) is 28.8.